The summed E-state index contributed by atoms with van der Waals surface area (Å²) >= 11 is 0. The molecule has 0 bridgehead atoms. The van der Waals surface area contributed by atoms with Crippen LogP contribution < -0.4 is 5.32 Å². The highest BCUT2D eigenvalue weighted by Crippen LogP contribution is 2.27. The lowest BCUT2D eigenvalue weighted by Gasteiger charge is -2.17. The molecule has 162 valence electrons. The van der Waals surface area contributed by atoms with Crippen LogP contribution in [0.5, 0.6) is 0 Å². The molecule has 0 fully saturated rings. The normalized spacial score (nSPS) is 12.0. The Bertz CT molecular complexity index is 967. The molecule has 0 unspecified atom stereocenters. The SMILES string of the molecule is CNCCN(C)Cc1cccc(-c2cc(CN(C)OC)c3cnn(C(C)C)c3n2)c1. The van der Waals surface area contributed by atoms with Gasteiger partial charge in [0.15, 0.2) is 5.65 Å². The number of hydroxylamine groups is 2. The molecule has 0 aliphatic heterocycles. The summed E-state index contributed by atoms with van der Waals surface area (Å²) in [6.45, 7) is 7.81. The van der Waals surface area contributed by atoms with E-state index in [0.29, 0.717) is 6.54 Å². The van der Waals surface area contributed by atoms with Crippen LogP contribution in [0.4, 0.5) is 0 Å². The summed E-state index contributed by atoms with van der Waals surface area (Å²) in [5.41, 5.74) is 5.43. The second-order valence-corrected chi connectivity index (χ2v) is 8.10. The molecule has 1 N–H and O–H groups in total. The van der Waals surface area contributed by atoms with Crippen molar-refractivity contribution in [3.8, 4) is 11.3 Å². The van der Waals surface area contributed by atoms with E-state index in [0.717, 1.165) is 47.5 Å². The predicted molar refractivity (Wildman–Crippen MR) is 122 cm³/mol. The summed E-state index contributed by atoms with van der Waals surface area (Å²) < 4.78 is 1.99. The third-order valence-corrected chi connectivity index (χ3v) is 5.26. The molecule has 0 aliphatic rings. The summed E-state index contributed by atoms with van der Waals surface area (Å²) in [5.74, 6) is 0. The van der Waals surface area contributed by atoms with E-state index in [1.807, 2.05) is 30.0 Å². The molecular weight excluding hydrogens is 376 g/mol. The van der Waals surface area contributed by atoms with Crippen molar-refractivity contribution in [2.75, 3.05) is 41.3 Å². The first-order valence-electron chi connectivity index (χ1n) is 10.5. The van der Waals surface area contributed by atoms with Crippen molar-refractivity contribution in [2.24, 2.45) is 0 Å². The highest BCUT2D eigenvalue weighted by molar-refractivity contribution is 5.82. The molecular formula is C23H34N6O. The number of hydrogen-bond acceptors (Lipinski definition) is 6. The van der Waals surface area contributed by atoms with E-state index in [-0.39, 0.29) is 6.04 Å². The third-order valence-electron chi connectivity index (χ3n) is 5.26. The zero-order chi connectivity index (χ0) is 21.7. The molecule has 0 aliphatic carbocycles. The zero-order valence-corrected chi connectivity index (χ0v) is 19.0. The van der Waals surface area contributed by atoms with Gasteiger partial charge in [-0.2, -0.15) is 10.2 Å². The number of nitrogens with zero attached hydrogens (tertiary/aromatic N) is 5. The van der Waals surface area contributed by atoms with Crippen molar-refractivity contribution in [3.63, 3.8) is 0 Å². The Labute approximate surface area is 179 Å². The first-order chi connectivity index (χ1) is 14.4. The lowest BCUT2D eigenvalue weighted by atomic mass is 10.0. The van der Waals surface area contributed by atoms with Gasteiger partial charge in [0.1, 0.15) is 0 Å². The van der Waals surface area contributed by atoms with Crippen molar-refractivity contribution in [3.05, 3.63) is 47.7 Å². The Morgan fingerprint density at radius 3 is 2.67 bits per heavy atom. The number of fused-ring (bicyclic) bond motifs is 1. The number of rotatable bonds is 10. The van der Waals surface area contributed by atoms with Crippen LogP contribution >= 0.6 is 0 Å². The molecule has 0 saturated heterocycles. The molecule has 30 heavy (non-hydrogen) atoms. The van der Waals surface area contributed by atoms with Crippen LogP contribution in [0.15, 0.2) is 36.5 Å². The van der Waals surface area contributed by atoms with Gasteiger partial charge >= 0.3 is 0 Å². The number of pyridine rings is 1. The van der Waals surface area contributed by atoms with Gasteiger partial charge in [0.25, 0.3) is 0 Å². The van der Waals surface area contributed by atoms with Crippen LogP contribution in [0.2, 0.25) is 0 Å². The molecule has 0 radical (unpaired) electrons. The molecule has 3 aromatic rings. The smallest absolute Gasteiger partial charge is 0.158 e. The van der Waals surface area contributed by atoms with Gasteiger partial charge in [0, 0.05) is 50.2 Å². The molecule has 2 aromatic heterocycles. The number of benzene rings is 1. The molecule has 0 saturated carbocycles. The Balaban J connectivity index is 2.00. The average Bonchev–Trinajstić information content (AvgIpc) is 3.17. The first-order valence-corrected chi connectivity index (χ1v) is 10.5. The fourth-order valence-corrected chi connectivity index (χ4v) is 3.57. The zero-order valence-electron chi connectivity index (χ0n) is 19.0. The topological polar surface area (TPSA) is 58.4 Å². The van der Waals surface area contributed by atoms with Gasteiger partial charge in [-0.1, -0.05) is 18.2 Å². The quantitative estimate of drug-likeness (QED) is 0.518. The molecule has 0 spiro atoms. The summed E-state index contributed by atoms with van der Waals surface area (Å²) in [7, 11) is 7.75. The van der Waals surface area contributed by atoms with E-state index in [1.54, 1.807) is 7.11 Å². The Kier molecular flexibility index (Phi) is 7.55. The fourth-order valence-electron chi connectivity index (χ4n) is 3.57. The molecule has 0 atom stereocenters. The number of likely N-dealkylation sites (N-methyl/N-ethyl adjacent to an activating group) is 2. The van der Waals surface area contributed by atoms with E-state index in [9.17, 15) is 0 Å². The molecule has 3 rings (SSSR count). The van der Waals surface area contributed by atoms with E-state index in [2.05, 4.69) is 66.5 Å². The minimum atomic E-state index is 0.241. The van der Waals surface area contributed by atoms with Crippen LogP contribution in [0, 0.1) is 0 Å². The maximum absolute atomic E-state index is 5.37. The number of nitrogens with one attached hydrogen (secondary N) is 1. The van der Waals surface area contributed by atoms with Gasteiger partial charge in [-0.05, 0) is 51.2 Å². The maximum Gasteiger partial charge on any atom is 0.158 e. The third kappa shape index (κ3) is 5.23. The van der Waals surface area contributed by atoms with E-state index >= 15 is 0 Å². The van der Waals surface area contributed by atoms with Crippen LogP contribution in [-0.2, 0) is 17.9 Å². The van der Waals surface area contributed by atoms with Gasteiger partial charge in [0.05, 0.1) is 19.0 Å². The van der Waals surface area contributed by atoms with Crippen LogP contribution in [-0.4, -0.2) is 66.1 Å². The number of hydrogen-bond donors (Lipinski definition) is 1. The second-order valence-electron chi connectivity index (χ2n) is 8.10. The highest BCUT2D eigenvalue weighted by Gasteiger charge is 2.15. The lowest BCUT2D eigenvalue weighted by Crippen LogP contribution is -2.26. The van der Waals surface area contributed by atoms with Crippen LogP contribution in [0.3, 0.4) is 0 Å². The van der Waals surface area contributed by atoms with Gasteiger partial charge < -0.3 is 15.1 Å². The van der Waals surface area contributed by atoms with Gasteiger partial charge in [-0.3, -0.25) is 0 Å². The first kappa shape index (κ1) is 22.4. The van der Waals surface area contributed by atoms with E-state index < -0.39 is 0 Å². The Hall–Kier alpha value is -2.32. The van der Waals surface area contributed by atoms with Crippen molar-refractivity contribution in [1.82, 2.24) is 30.0 Å². The number of aromatic nitrogens is 3. The van der Waals surface area contributed by atoms with Crippen molar-refractivity contribution in [1.29, 1.82) is 0 Å². The van der Waals surface area contributed by atoms with Crippen LogP contribution in [0.1, 0.15) is 31.0 Å². The summed E-state index contributed by atoms with van der Waals surface area (Å²) in [6.07, 6.45) is 1.91. The standard InChI is InChI=1S/C23H34N6O/c1-17(2)29-23-21(14-25-29)20(16-28(5)30-6)13-22(26-23)19-9-7-8-18(12-19)15-27(4)11-10-24-3/h7-9,12-14,17,24H,10-11,15-16H2,1-6H3. The Morgan fingerprint density at radius 2 is 1.97 bits per heavy atom. The van der Waals surface area contributed by atoms with Crippen molar-refractivity contribution < 1.29 is 4.84 Å². The van der Waals surface area contributed by atoms with E-state index in [1.165, 1.54) is 5.56 Å². The lowest BCUT2D eigenvalue weighted by molar-refractivity contribution is -0.116. The average molecular weight is 411 g/mol. The molecule has 7 heteroatoms. The monoisotopic (exact) mass is 410 g/mol. The van der Waals surface area contributed by atoms with Gasteiger partial charge in [-0.15, -0.1) is 0 Å². The van der Waals surface area contributed by atoms with Crippen molar-refractivity contribution in [2.45, 2.75) is 33.0 Å². The minimum absolute atomic E-state index is 0.241. The van der Waals surface area contributed by atoms with Gasteiger partial charge in [-0.25, -0.2) is 9.67 Å². The summed E-state index contributed by atoms with van der Waals surface area (Å²) in [6, 6.07) is 11.1. The molecule has 1 aromatic carbocycles. The van der Waals surface area contributed by atoms with Gasteiger partial charge in [0.2, 0.25) is 0 Å². The summed E-state index contributed by atoms with van der Waals surface area (Å²) in [5, 5.41) is 10.7. The van der Waals surface area contributed by atoms with Crippen LogP contribution in [0.25, 0.3) is 22.3 Å². The van der Waals surface area contributed by atoms with E-state index in [4.69, 9.17) is 9.82 Å². The minimum Gasteiger partial charge on any atom is -0.318 e. The molecule has 0 amide bonds. The van der Waals surface area contributed by atoms with Crippen molar-refractivity contribution >= 4 is 11.0 Å². The maximum atomic E-state index is 5.37. The highest BCUT2D eigenvalue weighted by atomic mass is 16.7. The second kappa shape index (κ2) is 10.1. The summed E-state index contributed by atoms with van der Waals surface area (Å²) in [4.78, 5) is 12.7. The predicted octanol–water partition coefficient (Wildman–Crippen LogP) is 3.32. The largest absolute Gasteiger partial charge is 0.318 e. The fraction of sp³-hybridized carbons (Fsp3) is 0.478. The molecule has 2 heterocycles. The molecule has 7 nitrogen and oxygen atoms in total. The Morgan fingerprint density at radius 1 is 1.17 bits per heavy atom.